The SMILES string of the molecule is Cc1[nH]c(C(=O)NC2CCN(C(=O)O)CC2OCc2ccccc2)c(Cl)c1Cl. The molecule has 0 bridgehead atoms. The van der Waals surface area contributed by atoms with Gasteiger partial charge in [-0.3, -0.25) is 4.79 Å². The molecule has 1 fully saturated rings. The Hall–Kier alpha value is -2.22. The first-order valence-electron chi connectivity index (χ1n) is 8.84. The van der Waals surface area contributed by atoms with E-state index in [9.17, 15) is 14.7 Å². The molecule has 7 nitrogen and oxygen atoms in total. The highest BCUT2D eigenvalue weighted by Gasteiger charge is 2.34. The van der Waals surface area contributed by atoms with Gasteiger partial charge in [0, 0.05) is 12.2 Å². The summed E-state index contributed by atoms with van der Waals surface area (Å²) in [4.78, 5) is 28.2. The summed E-state index contributed by atoms with van der Waals surface area (Å²) >= 11 is 12.2. The first kappa shape index (κ1) is 20.5. The van der Waals surface area contributed by atoms with Crippen molar-refractivity contribution in [2.24, 2.45) is 0 Å². The lowest BCUT2D eigenvalue weighted by molar-refractivity contribution is -0.0251. The Morgan fingerprint density at radius 3 is 2.61 bits per heavy atom. The molecule has 2 heterocycles. The first-order chi connectivity index (χ1) is 13.4. The Morgan fingerprint density at radius 2 is 2.00 bits per heavy atom. The Labute approximate surface area is 172 Å². The van der Waals surface area contributed by atoms with Crippen LogP contribution in [0.4, 0.5) is 4.79 Å². The third-order valence-corrected chi connectivity index (χ3v) is 5.68. The summed E-state index contributed by atoms with van der Waals surface area (Å²) < 4.78 is 5.97. The number of amides is 2. The van der Waals surface area contributed by atoms with Gasteiger partial charge in [0.1, 0.15) is 5.69 Å². The molecule has 1 aromatic heterocycles. The van der Waals surface area contributed by atoms with Crippen LogP contribution < -0.4 is 5.32 Å². The molecule has 28 heavy (non-hydrogen) atoms. The van der Waals surface area contributed by atoms with Crippen molar-refractivity contribution in [1.82, 2.24) is 15.2 Å². The van der Waals surface area contributed by atoms with Crippen LogP contribution in [0.2, 0.25) is 10.0 Å². The van der Waals surface area contributed by atoms with E-state index in [1.807, 2.05) is 30.3 Å². The second kappa shape index (κ2) is 8.86. The molecular weight excluding hydrogens is 405 g/mol. The molecule has 2 unspecified atom stereocenters. The number of nitrogens with zero attached hydrogens (tertiary/aromatic N) is 1. The minimum Gasteiger partial charge on any atom is -0.465 e. The number of hydrogen-bond donors (Lipinski definition) is 3. The minimum absolute atomic E-state index is 0.168. The number of halogens is 2. The zero-order chi connectivity index (χ0) is 20.3. The van der Waals surface area contributed by atoms with Crippen molar-refractivity contribution < 1.29 is 19.4 Å². The third-order valence-electron chi connectivity index (χ3n) is 4.73. The van der Waals surface area contributed by atoms with Crippen LogP contribution in [-0.4, -0.2) is 52.2 Å². The van der Waals surface area contributed by atoms with Gasteiger partial charge in [0.25, 0.3) is 5.91 Å². The van der Waals surface area contributed by atoms with Crippen molar-refractivity contribution >= 4 is 35.2 Å². The lowest BCUT2D eigenvalue weighted by Gasteiger charge is -2.37. The molecule has 3 rings (SSSR count). The quantitative estimate of drug-likeness (QED) is 0.680. The maximum atomic E-state index is 12.7. The summed E-state index contributed by atoms with van der Waals surface area (Å²) in [6.45, 7) is 2.52. The number of likely N-dealkylation sites (tertiary alicyclic amines) is 1. The summed E-state index contributed by atoms with van der Waals surface area (Å²) in [6.07, 6.45) is -1.06. The number of carbonyl (C=O) groups is 2. The zero-order valence-electron chi connectivity index (χ0n) is 15.2. The van der Waals surface area contributed by atoms with Crippen LogP contribution in [-0.2, 0) is 11.3 Å². The number of piperidine rings is 1. The molecule has 2 atom stereocenters. The highest BCUT2D eigenvalue weighted by Crippen LogP contribution is 2.29. The van der Waals surface area contributed by atoms with Gasteiger partial charge in [0.2, 0.25) is 0 Å². The summed E-state index contributed by atoms with van der Waals surface area (Å²) in [5.41, 5.74) is 1.76. The van der Waals surface area contributed by atoms with Crippen molar-refractivity contribution in [3.05, 3.63) is 57.3 Å². The molecule has 1 saturated heterocycles. The summed E-state index contributed by atoms with van der Waals surface area (Å²) in [6, 6.07) is 9.21. The molecule has 2 aromatic rings. The van der Waals surface area contributed by atoms with E-state index in [1.165, 1.54) is 4.90 Å². The predicted molar refractivity (Wildman–Crippen MR) is 106 cm³/mol. The average Bonchev–Trinajstić information content (AvgIpc) is 2.95. The monoisotopic (exact) mass is 425 g/mol. The van der Waals surface area contributed by atoms with Crippen LogP contribution in [0.1, 0.15) is 28.2 Å². The zero-order valence-corrected chi connectivity index (χ0v) is 16.8. The normalized spacial score (nSPS) is 19.5. The fourth-order valence-electron chi connectivity index (χ4n) is 3.17. The van der Waals surface area contributed by atoms with E-state index in [2.05, 4.69) is 10.3 Å². The minimum atomic E-state index is -1.01. The number of carbonyl (C=O) groups excluding carboxylic acids is 1. The van der Waals surface area contributed by atoms with Gasteiger partial charge in [0.05, 0.1) is 35.3 Å². The van der Waals surface area contributed by atoms with Crippen molar-refractivity contribution in [2.45, 2.75) is 32.1 Å². The maximum absolute atomic E-state index is 12.7. The van der Waals surface area contributed by atoms with Gasteiger partial charge < -0.3 is 25.0 Å². The van der Waals surface area contributed by atoms with E-state index < -0.39 is 18.1 Å². The molecule has 0 aliphatic carbocycles. The Morgan fingerprint density at radius 1 is 1.29 bits per heavy atom. The van der Waals surface area contributed by atoms with E-state index >= 15 is 0 Å². The summed E-state index contributed by atoms with van der Waals surface area (Å²) in [7, 11) is 0. The molecule has 3 N–H and O–H groups in total. The number of carboxylic acid groups (broad SMARTS) is 1. The second-order valence-electron chi connectivity index (χ2n) is 6.69. The van der Waals surface area contributed by atoms with Crippen LogP contribution in [0.15, 0.2) is 30.3 Å². The van der Waals surface area contributed by atoms with Crippen LogP contribution >= 0.6 is 23.2 Å². The lowest BCUT2D eigenvalue weighted by atomic mass is 10.0. The van der Waals surface area contributed by atoms with Crippen LogP contribution in [0.5, 0.6) is 0 Å². The van der Waals surface area contributed by atoms with Crippen molar-refractivity contribution in [2.75, 3.05) is 13.1 Å². The molecule has 1 aromatic carbocycles. The number of benzene rings is 1. The third kappa shape index (κ3) is 4.60. The number of aromatic nitrogens is 1. The Balaban J connectivity index is 1.71. The van der Waals surface area contributed by atoms with Crippen molar-refractivity contribution in [1.29, 1.82) is 0 Å². The molecule has 0 saturated carbocycles. The van der Waals surface area contributed by atoms with E-state index in [0.29, 0.717) is 30.3 Å². The first-order valence-corrected chi connectivity index (χ1v) is 9.60. The van der Waals surface area contributed by atoms with Gasteiger partial charge >= 0.3 is 6.09 Å². The topological polar surface area (TPSA) is 94.7 Å². The van der Waals surface area contributed by atoms with Gasteiger partial charge in [-0.1, -0.05) is 53.5 Å². The van der Waals surface area contributed by atoms with Crippen molar-refractivity contribution in [3.8, 4) is 0 Å². The van der Waals surface area contributed by atoms with Crippen LogP contribution in [0.3, 0.4) is 0 Å². The smallest absolute Gasteiger partial charge is 0.407 e. The molecule has 150 valence electrons. The molecule has 9 heteroatoms. The number of nitrogens with one attached hydrogen (secondary N) is 2. The number of H-pyrrole nitrogens is 1. The van der Waals surface area contributed by atoms with E-state index in [-0.39, 0.29) is 23.3 Å². The Bertz CT molecular complexity index is 856. The molecule has 2 amide bonds. The predicted octanol–water partition coefficient (Wildman–Crippen LogP) is 3.70. The number of hydrogen-bond acceptors (Lipinski definition) is 3. The number of rotatable bonds is 5. The summed E-state index contributed by atoms with van der Waals surface area (Å²) in [5.74, 6) is -0.401. The number of ether oxygens (including phenoxy) is 1. The van der Waals surface area contributed by atoms with Gasteiger partial charge in [-0.15, -0.1) is 0 Å². The molecule has 0 radical (unpaired) electrons. The molecule has 1 aliphatic heterocycles. The molecule has 1 aliphatic rings. The highest BCUT2D eigenvalue weighted by atomic mass is 35.5. The standard InChI is InChI=1S/C19H21Cl2N3O4/c1-11-15(20)16(21)17(22-11)18(25)23-13-7-8-24(19(26)27)9-14(13)28-10-12-5-3-2-4-6-12/h2-6,13-14,22H,7-10H2,1H3,(H,23,25)(H,26,27). The fourth-order valence-corrected chi connectivity index (χ4v) is 3.59. The second-order valence-corrected chi connectivity index (χ2v) is 7.44. The van der Waals surface area contributed by atoms with Gasteiger partial charge in [0.15, 0.2) is 0 Å². The molecular formula is C19H21Cl2N3O4. The lowest BCUT2D eigenvalue weighted by Crippen LogP contribution is -2.56. The maximum Gasteiger partial charge on any atom is 0.407 e. The Kier molecular flexibility index (Phi) is 6.49. The van der Waals surface area contributed by atoms with Crippen molar-refractivity contribution in [3.63, 3.8) is 0 Å². The van der Waals surface area contributed by atoms with E-state index in [4.69, 9.17) is 27.9 Å². The fraction of sp³-hybridized carbons (Fsp3) is 0.368. The number of aromatic amines is 1. The average molecular weight is 426 g/mol. The largest absolute Gasteiger partial charge is 0.465 e. The van der Waals surface area contributed by atoms with Crippen LogP contribution in [0, 0.1) is 6.92 Å². The van der Waals surface area contributed by atoms with E-state index in [0.717, 1.165) is 5.56 Å². The van der Waals surface area contributed by atoms with Gasteiger partial charge in [-0.25, -0.2) is 4.79 Å². The molecule has 0 spiro atoms. The highest BCUT2D eigenvalue weighted by molar-refractivity contribution is 6.44. The summed E-state index contributed by atoms with van der Waals surface area (Å²) in [5, 5.41) is 12.7. The number of aryl methyl sites for hydroxylation is 1. The van der Waals surface area contributed by atoms with E-state index in [1.54, 1.807) is 6.92 Å². The van der Waals surface area contributed by atoms with Gasteiger partial charge in [-0.2, -0.15) is 0 Å². The van der Waals surface area contributed by atoms with Gasteiger partial charge in [-0.05, 0) is 18.9 Å². The van der Waals surface area contributed by atoms with Crippen LogP contribution in [0.25, 0.3) is 0 Å².